The quantitative estimate of drug-likeness (QED) is 0.169. The highest BCUT2D eigenvalue weighted by molar-refractivity contribution is 6.03. The van der Waals surface area contributed by atoms with Crippen LogP contribution in [0.5, 0.6) is 0 Å². The average molecular weight is 348 g/mol. The average Bonchev–Trinajstić information content (AvgIpc) is 2.44. The molecule has 12 heteroatoms. The summed E-state index contributed by atoms with van der Waals surface area (Å²) in [6.45, 7) is -1.56. The van der Waals surface area contributed by atoms with Crippen LogP contribution in [0.4, 0.5) is 0 Å². The SMILES string of the molecule is O=C(OCNC(O)(O)O)c1ccccc1C(=O)OCNC(O)(O)O. The van der Waals surface area contributed by atoms with Crippen LogP contribution in [0.2, 0.25) is 0 Å². The predicted molar refractivity (Wildman–Crippen MR) is 72.1 cm³/mol. The Labute approximate surface area is 134 Å². The van der Waals surface area contributed by atoms with Crippen LogP contribution in [0.1, 0.15) is 20.7 Å². The first-order chi connectivity index (χ1) is 11.0. The maximum absolute atomic E-state index is 11.8. The first-order valence-electron chi connectivity index (χ1n) is 6.27. The molecule has 0 aliphatic carbocycles. The molecule has 0 atom stereocenters. The molecule has 12 nitrogen and oxygen atoms in total. The first-order valence-corrected chi connectivity index (χ1v) is 6.27. The van der Waals surface area contributed by atoms with E-state index in [4.69, 9.17) is 30.6 Å². The minimum Gasteiger partial charge on any atom is -0.446 e. The Morgan fingerprint density at radius 2 is 1.12 bits per heavy atom. The van der Waals surface area contributed by atoms with Crippen molar-refractivity contribution in [3.63, 3.8) is 0 Å². The largest absolute Gasteiger partial charge is 0.446 e. The van der Waals surface area contributed by atoms with E-state index in [0.29, 0.717) is 0 Å². The molecule has 0 aliphatic heterocycles. The number of carbonyl (C=O) groups is 2. The molecule has 0 saturated heterocycles. The zero-order chi connectivity index (χ0) is 18.4. The van der Waals surface area contributed by atoms with Crippen LogP contribution in [0.3, 0.4) is 0 Å². The van der Waals surface area contributed by atoms with E-state index in [1.807, 2.05) is 0 Å². The first kappa shape index (κ1) is 19.9. The van der Waals surface area contributed by atoms with E-state index < -0.39 is 37.6 Å². The maximum atomic E-state index is 11.8. The summed E-state index contributed by atoms with van der Waals surface area (Å²) < 4.78 is 9.16. The summed E-state index contributed by atoms with van der Waals surface area (Å²) in [6, 6.07) is 5.25. The Morgan fingerprint density at radius 1 is 0.792 bits per heavy atom. The zero-order valence-electron chi connectivity index (χ0n) is 12.0. The lowest BCUT2D eigenvalue weighted by Gasteiger charge is -2.16. The van der Waals surface area contributed by atoms with Gasteiger partial charge in [-0.3, -0.25) is 0 Å². The van der Waals surface area contributed by atoms with Crippen molar-refractivity contribution in [1.82, 2.24) is 10.6 Å². The molecular formula is C12H16N2O10. The van der Waals surface area contributed by atoms with Gasteiger partial charge in [0.15, 0.2) is 0 Å². The van der Waals surface area contributed by atoms with Gasteiger partial charge < -0.3 is 40.1 Å². The molecule has 0 unspecified atom stereocenters. The molecule has 1 aromatic carbocycles. The Kier molecular flexibility index (Phi) is 6.70. The van der Waals surface area contributed by atoms with E-state index in [9.17, 15) is 9.59 Å². The third-order valence-electron chi connectivity index (χ3n) is 2.39. The van der Waals surface area contributed by atoms with E-state index in [1.54, 1.807) is 10.6 Å². The molecule has 0 bridgehead atoms. The van der Waals surface area contributed by atoms with Crippen molar-refractivity contribution < 1.29 is 49.7 Å². The third kappa shape index (κ3) is 7.40. The lowest BCUT2D eigenvalue weighted by atomic mass is 10.1. The van der Waals surface area contributed by atoms with Crippen molar-refractivity contribution in [1.29, 1.82) is 0 Å². The summed E-state index contributed by atoms with van der Waals surface area (Å²) in [5.41, 5.74) is -0.487. The van der Waals surface area contributed by atoms with Gasteiger partial charge in [-0.25, -0.2) is 20.2 Å². The van der Waals surface area contributed by atoms with Crippen molar-refractivity contribution >= 4 is 11.9 Å². The zero-order valence-corrected chi connectivity index (χ0v) is 12.0. The fraction of sp³-hybridized carbons (Fsp3) is 0.333. The second kappa shape index (κ2) is 8.09. The molecular weight excluding hydrogens is 332 g/mol. The molecule has 1 aromatic rings. The topological polar surface area (TPSA) is 198 Å². The van der Waals surface area contributed by atoms with Crippen molar-refractivity contribution in [2.75, 3.05) is 13.5 Å². The molecule has 8 N–H and O–H groups in total. The van der Waals surface area contributed by atoms with Gasteiger partial charge in [-0.15, -0.1) is 0 Å². The number of hydrogen-bond acceptors (Lipinski definition) is 12. The monoisotopic (exact) mass is 348 g/mol. The fourth-order valence-corrected chi connectivity index (χ4v) is 1.39. The van der Waals surface area contributed by atoms with Gasteiger partial charge >= 0.3 is 24.1 Å². The molecule has 0 spiro atoms. The van der Waals surface area contributed by atoms with Crippen LogP contribution < -0.4 is 10.6 Å². The van der Waals surface area contributed by atoms with Gasteiger partial charge in [-0.05, 0) is 12.1 Å². The molecule has 0 radical (unpaired) electrons. The molecule has 0 aromatic heterocycles. The summed E-state index contributed by atoms with van der Waals surface area (Å²) in [5.74, 6) is -2.10. The fourth-order valence-electron chi connectivity index (χ4n) is 1.39. The molecule has 134 valence electrons. The van der Waals surface area contributed by atoms with Crippen LogP contribution in [-0.4, -0.2) is 68.2 Å². The van der Waals surface area contributed by atoms with E-state index in [2.05, 4.69) is 9.47 Å². The smallest absolute Gasteiger partial charge is 0.345 e. The van der Waals surface area contributed by atoms with Gasteiger partial charge in [-0.2, -0.15) is 0 Å². The molecule has 0 amide bonds. The number of ether oxygens (including phenoxy) is 2. The van der Waals surface area contributed by atoms with Crippen molar-refractivity contribution in [2.45, 2.75) is 12.2 Å². The van der Waals surface area contributed by atoms with Crippen LogP contribution >= 0.6 is 0 Å². The highest BCUT2D eigenvalue weighted by Crippen LogP contribution is 2.12. The molecule has 1 rings (SSSR count). The van der Waals surface area contributed by atoms with Gasteiger partial charge in [0.25, 0.3) is 0 Å². The minimum atomic E-state index is -3.24. The number of carbonyl (C=O) groups excluding carboxylic acids is 2. The van der Waals surface area contributed by atoms with Crippen LogP contribution in [0, 0.1) is 0 Å². The van der Waals surface area contributed by atoms with Gasteiger partial charge in [0.1, 0.15) is 13.5 Å². The molecule has 0 fully saturated rings. The summed E-state index contributed by atoms with van der Waals surface area (Å²) in [5, 5.41) is 54.7. The van der Waals surface area contributed by atoms with Gasteiger partial charge in [0.2, 0.25) is 0 Å². The molecule has 0 heterocycles. The van der Waals surface area contributed by atoms with E-state index in [1.165, 1.54) is 24.3 Å². The van der Waals surface area contributed by atoms with E-state index in [0.717, 1.165) is 0 Å². The van der Waals surface area contributed by atoms with Crippen LogP contribution in [0.25, 0.3) is 0 Å². The van der Waals surface area contributed by atoms with Gasteiger partial charge in [-0.1, -0.05) is 12.1 Å². The van der Waals surface area contributed by atoms with E-state index >= 15 is 0 Å². The van der Waals surface area contributed by atoms with Crippen LogP contribution in [0.15, 0.2) is 24.3 Å². The summed E-state index contributed by atoms with van der Waals surface area (Å²) in [6.07, 6.45) is -6.48. The van der Waals surface area contributed by atoms with Gasteiger partial charge in [0.05, 0.1) is 11.1 Å². The lowest BCUT2D eigenvalue weighted by molar-refractivity contribution is -0.336. The Morgan fingerprint density at radius 3 is 1.42 bits per heavy atom. The highest BCUT2D eigenvalue weighted by atomic mass is 16.7. The molecule has 0 saturated carbocycles. The summed E-state index contributed by atoms with van der Waals surface area (Å²) >= 11 is 0. The number of hydrogen-bond donors (Lipinski definition) is 8. The second-order valence-corrected chi connectivity index (χ2v) is 4.32. The van der Waals surface area contributed by atoms with Crippen molar-refractivity contribution in [3.05, 3.63) is 35.4 Å². The Bertz CT molecular complexity index is 527. The van der Waals surface area contributed by atoms with Gasteiger partial charge in [0, 0.05) is 0 Å². The Hall–Kier alpha value is -2.16. The standard InChI is InChI=1S/C12H16N2O10/c15-9(23-5-13-11(17,18)19)7-3-1-2-4-8(7)10(16)24-6-14-12(20,21)22/h1-4,13-14,17-22H,5-6H2. The predicted octanol–water partition coefficient (Wildman–Crippen LogP) is -3.73. The summed E-state index contributed by atoms with van der Waals surface area (Å²) in [7, 11) is 0. The van der Waals surface area contributed by atoms with Crippen molar-refractivity contribution in [3.8, 4) is 0 Å². The normalized spacial score (nSPS) is 11.9. The minimum absolute atomic E-state index is 0.244. The second-order valence-electron chi connectivity index (χ2n) is 4.32. The number of aliphatic hydroxyl groups is 6. The van der Waals surface area contributed by atoms with Crippen LogP contribution in [-0.2, 0) is 9.47 Å². The molecule has 24 heavy (non-hydrogen) atoms. The lowest BCUT2D eigenvalue weighted by Crippen LogP contribution is -2.46. The number of benzene rings is 1. The number of esters is 2. The van der Waals surface area contributed by atoms with E-state index in [-0.39, 0.29) is 11.1 Å². The number of rotatable bonds is 8. The highest BCUT2D eigenvalue weighted by Gasteiger charge is 2.22. The van der Waals surface area contributed by atoms with Crippen molar-refractivity contribution in [2.24, 2.45) is 0 Å². The maximum Gasteiger partial charge on any atom is 0.345 e. The Balaban J connectivity index is 2.69. The number of nitrogens with one attached hydrogen (secondary N) is 2. The summed E-state index contributed by atoms with van der Waals surface area (Å²) in [4.78, 5) is 23.7. The third-order valence-corrected chi connectivity index (χ3v) is 2.39. The molecule has 0 aliphatic rings.